The minimum Gasteiger partial charge on any atom is -0.494 e. The predicted molar refractivity (Wildman–Crippen MR) is 98.3 cm³/mol. The van der Waals surface area contributed by atoms with Crippen molar-refractivity contribution < 1.29 is 36.9 Å². The van der Waals surface area contributed by atoms with Crippen LogP contribution >= 0.6 is 0 Å². The fourth-order valence-electron chi connectivity index (χ4n) is 2.56. The van der Waals surface area contributed by atoms with E-state index in [9.17, 15) is 27.5 Å². The summed E-state index contributed by atoms with van der Waals surface area (Å²) in [5.41, 5.74) is -2.73. The molecule has 2 aromatic carbocycles. The molecule has 5 nitrogen and oxygen atoms in total. The van der Waals surface area contributed by atoms with Gasteiger partial charge >= 0.3 is 12.3 Å². The molecular weight excluding hydrogens is 394 g/mol. The van der Waals surface area contributed by atoms with E-state index in [1.165, 1.54) is 25.3 Å². The Kier molecular flexibility index (Phi) is 6.42. The van der Waals surface area contributed by atoms with Crippen LogP contribution in [0.25, 0.3) is 0 Å². The van der Waals surface area contributed by atoms with Gasteiger partial charge in [-0.15, -0.1) is 0 Å². The van der Waals surface area contributed by atoms with Crippen molar-refractivity contribution in [1.82, 2.24) is 0 Å². The molecule has 0 radical (unpaired) electrons. The van der Waals surface area contributed by atoms with E-state index in [-0.39, 0.29) is 22.6 Å². The van der Waals surface area contributed by atoms with Crippen LogP contribution in [0.2, 0.25) is 0 Å². The van der Waals surface area contributed by atoms with Gasteiger partial charge in [-0.25, -0.2) is 9.18 Å². The van der Waals surface area contributed by atoms with Crippen molar-refractivity contribution in [3.8, 4) is 5.75 Å². The quantitative estimate of drug-likeness (QED) is 0.667. The predicted octanol–water partition coefficient (Wildman–Crippen LogP) is 5.28. The summed E-state index contributed by atoms with van der Waals surface area (Å²) < 4.78 is 64.0. The number of alkyl halides is 3. The van der Waals surface area contributed by atoms with Crippen molar-refractivity contribution >= 4 is 11.8 Å². The van der Waals surface area contributed by atoms with Crippen molar-refractivity contribution in [1.29, 1.82) is 0 Å². The standard InChI is InChI=1S/C20H21F4NO4/c1-19(2,3)29-18(27)25-14-9-8-11(20(22,23)24)10-13(14)17(26)12-6-5-7-15(28-4)16(12)21/h5-10,17,26H,1-4H3,(H,25,27). The van der Waals surface area contributed by atoms with Crippen molar-refractivity contribution in [3.05, 3.63) is 58.9 Å². The highest BCUT2D eigenvalue weighted by Crippen LogP contribution is 2.37. The lowest BCUT2D eigenvalue weighted by Crippen LogP contribution is -2.27. The molecule has 1 unspecified atom stereocenters. The van der Waals surface area contributed by atoms with Gasteiger partial charge in [0.15, 0.2) is 11.6 Å². The number of nitrogens with one attached hydrogen (secondary N) is 1. The Labute approximate surface area is 165 Å². The lowest BCUT2D eigenvalue weighted by Gasteiger charge is -2.22. The molecule has 9 heteroatoms. The van der Waals surface area contributed by atoms with Crippen LogP contribution in [0.5, 0.6) is 5.75 Å². The fourth-order valence-corrected chi connectivity index (χ4v) is 2.56. The van der Waals surface area contributed by atoms with Crippen LogP contribution in [0.1, 0.15) is 43.6 Å². The van der Waals surface area contributed by atoms with E-state index in [1.54, 1.807) is 20.8 Å². The number of aliphatic hydroxyl groups is 1. The summed E-state index contributed by atoms with van der Waals surface area (Å²) in [4.78, 5) is 12.1. The molecule has 2 N–H and O–H groups in total. The van der Waals surface area contributed by atoms with Crippen LogP contribution in [0.4, 0.5) is 28.0 Å². The Balaban J connectivity index is 2.53. The number of carbonyl (C=O) groups is 1. The molecule has 158 valence electrons. The molecule has 0 fully saturated rings. The fraction of sp³-hybridized carbons (Fsp3) is 0.350. The lowest BCUT2D eigenvalue weighted by molar-refractivity contribution is -0.137. The molecule has 0 aliphatic heterocycles. The Hall–Kier alpha value is -2.81. The minimum atomic E-state index is -4.70. The number of benzene rings is 2. The SMILES string of the molecule is COc1cccc(C(O)c2cc(C(F)(F)F)ccc2NC(=O)OC(C)(C)C)c1F. The van der Waals surface area contributed by atoms with Crippen LogP contribution in [0, 0.1) is 5.82 Å². The zero-order chi connectivity index (χ0) is 22.0. The van der Waals surface area contributed by atoms with Crippen LogP contribution in [-0.2, 0) is 10.9 Å². The van der Waals surface area contributed by atoms with E-state index >= 15 is 0 Å². The van der Waals surface area contributed by atoms with Crippen molar-refractivity contribution in [3.63, 3.8) is 0 Å². The number of halogens is 4. The third-order valence-electron chi connectivity index (χ3n) is 3.82. The zero-order valence-corrected chi connectivity index (χ0v) is 16.2. The number of amides is 1. The molecule has 29 heavy (non-hydrogen) atoms. The lowest BCUT2D eigenvalue weighted by atomic mass is 9.97. The summed E-state index contributed by atoms with van der Waals surface area (Å²) in [5, 5.41) is 13.0. The molecule has 0 aliphatic carbocycles. The zero-order valence-electron chi connectivity index (χ0n) is 16.2. The first-order valence-corrected chi connectivity index (χ1v) is 8.55. The third-order valence-corrected chi connectivity index (χ3v) is 3.82. The molecule has 2 rings (SSSR count). The molecular formula is C20H21F4NO4. The molecule has 0 bridgehead atoms. The maximum Gasteiger partial charge on any atom is 0.416 e. The van der Waals surface area contributed by atoms with Crippen molar-refractivity contribution in [2.45, 2.75) is 38.7 Å². The molecule has 0 saturated heterocycles. The highest BCUT2D eigenvalue weighted by atomic mass is 19.4. The van der Waals surface area contributed by atoms with Crippen molar-refractivity contribution in [2.24, 2.45) is 0 Å². The van der Waals surface area contributed by atoms with Gasteiger partial charge in [-0.3, -0.25) is 5.32 Å². The molecule has 0 saturated carbocycles. The van der Waals surface area contributed by atoms with Gasteiger partial charge in [0.05, 0.1) is 18.4 Å². The summed E-state index contributed by atoms with van der Waals surface area (Å²) in [6.45, 7) is 4.84. The monoisotopic (exact) mass is 415 g/mol. The second-order valence-corrected chi connectivity index (χ2v) is 7.19. The number of anilines is 1. The maximum atomic E-state index is 14.5. The number of carbonyl (C=O) groups excluding carboxylic acids is 1. The van der Waals surface area contributed by atoms with Crippen molar-refractivity contribution in [2.75, 3.05) is 12.4 Å². The highest BCUT2D eigenvalue weighted by Gasteiger charge is 2.33. The first-order chi connectivity index (χ1) is 13.3. The second-order valence-electron chi connectivity index (χ2n) is 7.19. The van der Waals surface area contributed by atoms with Gasteiger partial charge in [0.25, 0.3) is 0 Å². The van der Waals surface area contributed by atoms with Gasteiger partial charge < -0.3 is 14.6 Å². The van der Waals surface area contributed by atoms with E-state index < -0.39 is 35.4 Å². The highest BCUT2D eigenvalue weighted by molar-refractivity contribution is 5.86. The molecule has 1 atom stereocenters. The summed E-state index contributed by atoms with van der Waals surface area (Å²) in [5.74, 6) is -1.11. The molecule has 2 aromatic rings. The van der Waals surface area contributed by atoms with Crippen LogP contribution < -0.4 is 10.1 Å². The van der Waals surface area contributed by atoms with Gasteiger partial charge in [-0.05, 0) is 45.0 Å². The Morgan fingerprint density at radius 1 is 1.10 bits per heavy atom. The molecule has 0 aromatic heterocycles. The maximum absolute atomic E-state index is 14.5. The molecule has 0 spiro atoms. The second kappa shape index (κ2) is 8.28. The average molecular weight is 415 g/mol. The van der Waals surface area contributed by atoms with Gasteiger partial charge in [0.1, 0.15) is 11.7 Å². The summed E-state index contributed by atoms with van der Waals surface area (Å²) >= 11 is 0. The van der Waals surface area contributed by atoms with E-state index in [2.05, 4.69) is 5.32 Å². The number of aliphatic hydroxyl groups excluding tert-OH is 1. The Morgan fingerprint density at radius 2 is 1.76 bits per heavy atom. The number of rotatable bonds is 4. The van der Waals surface area contributed by atoms with E-state index in [0.29, 0.717) is 6.07 Å². The van der Waals surface area contributed by atoms with E-state index in [0.717, 1.165) is 12.1 Å². The van der Waals surface area contributed by atoms with E-state index in [4.69, 9.17) is 9.47 Å². The van der Waals surface area contributed by atoms with Crippen LogP contribution in [-0.4, -0.2) is 23.9 Å². The molecule has 0 aliphatic rings. The first-order valence-electron chi connectivity index (χ1n) is 8.55. The number of hydrogen-bond donors (Lipinski definition) is 2. The number of hydrogen-bond acceptors (Lipinski definition) is 4. The van der Waals surface area contributed by atoms with Crippen LogP contribution in [0.3, 0.4) is 0 Å². The molecule has 0 heterocycles. The minimum absolute atomic E-state index is 0.151. The van der Waals surface area contributed by atoms with E-state index in [1.807, 2.05) is 0 Å². The largest absolute Gasteiger partial charge is 0.494 e. The summed E-state index contributed by atoms with van der Waals surface area (Å²) in [6.07, 6.45) is -7.44. The Bertz CT molecular complexity index is 891. The van der Waals surface area contributed by atoms with Crippen LogP contribution in [0.15, 0.2) is 36.4 Å². The smallest absolute Gasteiger partial charge is 0.416 e. The number of methoxy groups -OCH3 is 1. The first kappa shape index (κ1) is 22.5. The van der Waals surface area contributed by atoms with Gasteiger partial charge in [0, 0.05) is 11.1 Å². The topological polar surface area (TPSA) is 67.8 Å². The summed E-state index contributed by atoms with van der Waals surface area (Å²) in [6, 6.07) is 6.26. The molecule has 1 amide bonds. The van der Waals surface area contributed by atoms with Gasteiger partial charge in [-0.2, -0.15) is 13.2 Å². The van der Waals surface area contributed by atoms with Gasteiger partial charge in [-0.1, -0.05) is 12.1 Å². The number of ether oxygens (including phenoxy) is 2. The summed E-state index contributed by atoms with van der Waals surface area (Å²) in [7, 11) is 1.22. The normalized spacial score (nSPS) is 13.0. The third kappa shape index (κ3) is 5.60. The average Bonchev–Trinajstić information content (AvgIpc) is 2.59. The van der Waals surface area contributed by atoms with Gasteiger partial charge in [0.2, 0.25) is 0 Å². The Morgan fingerprint density at radius 3 is 2.31 bits per heavy atom.